The van der Waals surface area contributed by atoms with Crippen molar-refractivity contribution in [2.75, 3.05) is 26.4 Å². The van der Waals surface area contributed by atoms with Crippen LogP contribution < -0.4 is 0 Å². The number of morpholine rings is 1. The Kier molecular flexibility index (Phi) is 3.37. The van der Waals surface area contributed by atoms with Gasteiger partial charge in [-0.25, -0.2) is 0 Å². The lowest BCUT2D eigenvalue weighted by Crippen LogP contribution is -2.57. The van der Waals surface area contributed by atoms with E-state index in [0.717, 1.165) is 21.4 Å². The molecule has 0 saturated carbocycles. The van der Waals surface area contributed by atoms with Crippen molar-refractivity contribution in [2.24, 2.45) is 0 Å². The van der Waals surface area contributed by atoms with Crippen LogP contribution in [0, 0.1) is 0 Å². The molecule has 0 unspecified atom stereocenters. The Labute approximate surface area is 126 Å². The lowest BCUT2D eigenvalue weighted by molar-refractivity contribution is -0.124. The molecule has 1 amide bonds. The van der Waals surface area contributed by atoms with Crippen molar-refractivity contribution in [1.29, 1.82) is 0 Å². The molecule has 0 aliphatic carbocycles. The Morgan fingerprint density at radius 3 is 3.29 bits per heavy atom. The summed E-state index contributed by atoms with van der Waals surface area (Å²) in [6.45, 7) is 2.53. The number of nitrogens with zero attached hydrogens (tertiary/aromatic N) is 2. The van der Waals surface area contributed by atoms with Crippen LogP contribution in [0.5, 0.6) is 0 Å². The summed E-state index contributed by atoms with van der Waals surface area (Å²) in [4.78, 5) is 19.7. The fourth-order valence-electron chi connectivity index (χ4n) is 3.07. The number of thiophene rings is 1. The predicted octanol–water partition coefficient (Wildman–Crippen LogP) is 1.93. The van der Waals surface area contributed by atoms with Gasteiger partial charge in [0.15, 0.2) is 0 Å². The number of aromatic nitrogens is 1. The molecule has 2 aromatic heterocycles. The standard InChI is InChI=1S/C15H16N2O3S/c18-15(13-7-10-1-3-16-8-14(10)21-13)17-4-6-20-12-9-19-5-2-11(12)17/h1,3,7-8,11-12H,2,4-6,9H2/t11-,12+/m0/s1. The predicted molar refractivity (Wildman–Crippen MR) is 79.6 cm³/mol. The molecule has 5 nitrogen and oxygen atoms in total. The van der Waals surface area contributed by atoms with Gasteiger partial charge in [-0.15, -0.1) is 11.3 Å². The molecule has 2 saturated heterocycles. The molecule has 0 radical (unpaired) electrons. The van der Waals surface area contributed by atoms with Crippen LogP contribution in [0.2, 0.25) is 0 Å². The molecule has 2 aromatic rings. The first-order chi connectivity index (χ1) is 10.3. The third-order valence-corrected chi connectivity index (χ3v) is 5.20. The van der Waals surface area contributed by atoms with Gasteiger partial charge in [-0.2, -0.15) is 0 Å². The van der Waals surface area contributed by atoms with Crippen LogP contribution in [0.1, 0.15) is 16.1 Å². The minimum atomic E-state index is 0.0208. The SMILES string of the molecule is O=C(c1cc2ccncc2s1)N1CCO[C@@H]2COCC[C@@H]21. The summed E-state index contributed by atoms with van der Waals surface area (Å²) in [6, 6.07) is 4.05. The van der Waals surface area contributed by atoms with Gasteiger partial charge in [-0.1, -0.05) is 0 Å². The summed E-state index contributed by atoms with van der Waals surface area (Å²) in [6.07, 6.45) is 4.44. The molecule has 0 bridgehead atoms. The molecule has 6 heteroatoms. The monoisotopic (exact) mass is 304 g/mol. The van der Waals surface area contributed by atoms with E-state index < -0.39 is 0 Å². The molecule has 0 spiro atoms. The minimum absolute atomic E-state index is 0.0208. The molecule has 2 fully saturated rings. The van der Waals surface area contributed by atoms with E-state index in [2.05, 4.69) is 4.98 Å². The van der Waals surface area contributed by atoms with Crippen molar-refractivity contribution < 1.29 is 14.3 Å². The quantitative estimate of drug-likeness (QED) is 0.808. The maximum atomic E-state index is 12.8. The average molecular weight is 304 g/mol. The molecule has 4 heterocycles. The van der Waals surface area contributed by atoms with E-state index in [1.807, 2.05) is 23.2 Å². The normalized spacial score (nSPS) is 25.8. The van der Waals surface area contributed by atoms with E-state index in [1.54, 1.807) is 6.20 Å². The van der Waals surface area contributed by atoms with E-state index in [4.69, 9.17) is 9.47 Å². The number of ether oxygens (including phenoxy) is 2. The molecule has 0 N–H and O–H groups in total. The van der Waals surface area contributed by atoms with Gasteiger partial charge in [0.1, 0.15) is 6.10 Å². The highest BCUT2D eigenvalue weighted by molar-refractivity contribution is 7.20. The summed E-state index contributed by atoms with van der Waals surface area (Å²) in [5.41, 5.74) is 0. The number of fused-ring (bicyclic) bond motifs is 2. The summed E-state index contributed by atoms with van der Waals surface area (Å²) >= 11 is 1.51. The molecule has 0 aromatic carbocycles. The van der Waals surface area contributed by atoms with E-state index in [-0.39, 0.29) is 18.1 Å². The van der Waals surface area contributed by atoms with Crippen molar-refractivity contribution in [3.63, 3.8) is 0 Å². The topological polar surface area (TPSA) is 51.7 Å². The third-order valence-electron chi connectivity index (χ3n) is 4.13. The van der Waals surface area contributed by atoms with Crippen LogP contribution in [0.3, 0.4) is 0 Å². The zero-order chi connectivity index (χ0) is 14.2. The van der Waals surface area contributed by atoms with Crippen LogP contribution >= 0.6 is 11.3 Å². The Bertz CT molecular complexity index is 637. The van der Waals surface area contributed by atoms with Crippen LogP contribution in [0.4, 0.5) is 0 Å². The number of carbonyl (C=O) groups is 1. The van der Waals surface area contributed by atoms with Crippen LogP contribution in [-0.2, 0) is 9.47 Å². The number of pyridine rings is 1. The third kappa shape index (κ3) is 2.33. The molecular formula is C15H16N2O3S. The van der Waals surface area contributed by atoms with Crippen molar-refractivity contribution >= 4 is 27.3 Å². The first-order valence-electron chi connectivity index (χ1n) is 7.17. The van der Waals surface area contributed by atoms with Gasteiger partial charge < -0.3 is 14.4 Å². The summed E-state index contributed by atoms with van der Waals surface area (Å²) < 4.78 is 12.2. The Balaban J connectivity index is 1.63. The van der Waals surface area contributed by atoms with Crippen LogP contribution in [0.25, 0.3) is 10.1 Å². The van der Waals surface area contributed by atoms with Gasteiger partial charge in [0, 0.05) is 25.5 Å². The fourth-order valence-corrected chi connectivity index (χ4v) is 4.05. The Morgan fingerprint density at radius 2 is 2.38 bits per heavy atom. The average Bonchev–Trinajstić information content (AvgIpc) is 2.97. The lowest BCUT2D eigenvalue weighted by Gasteiger charge is -2.43. The first kappa shape index (κ1) is 13.2. The molecule has 2 atom stereocenters. The molecule has 4 rings (SSSR count). The number of hydrogen-bond acceptors (Lipinski definition) is 5. The van der Waals surface area contributed by atoms with Gasteiger partial charge in [0.25, 0.3) is 5.91 Å². The van der Waals surface area contributed by atoms with Crippen molar-refractivity contribution in [3.8, 4) is 0 Å². The smallest absolute Gasteiger partial charge is 0.264 e. The first-order valence-corrected chi connectivity index (χ1v) is 7.98. The van der Waals surface area contributed by atoms with Gasteiger partial charge in [0.2, 0.25) is 0 Å². The zero-order valence-corrected chi connectivity index (χ0v) is 12.3. The second-order valence-corrected chi connectivity index (χ2v) is 6.45. The van der Waals surface area contributed by atoms with Gasteiger partial charge in [0.05, 0.1) is 28.8 Å². The van der Waals surface area contributed by atoms with Crippen molar-refractivity contribution in [1.82, 2.24) is 9.88 Å². The second-order valence-electron chi connectivity index (χ2n) is 5.36. The summed E-state index contributed by atoms with van der Waals surface area (Å²) in [5, 5.41) is 1.08. The van der Waals surface area contributed by atoms with Gasteiger partial charge >= 0.3 is 0 Å². The molecule has 2 aliphatic heterocycles. The summed E-state index contributed by atoms with van der Waals surface area (Å²) in [7, 11) is 0. The number of hydrogen-bond donors (Lipinski definition) is 0. The molecular weight excluding hydrogens is 288 g/mol. The molecule has 110 valence electrons. The van der Waals surface area contributed by atoms with Crippen LogP contribution in [0.15, 0.2) is 24.5 Å². The molecule has 2 aliphatic rings. The fraction of sp³-hybridized carbons (Fsp3) is 0.467. The van der Waals surface area contributed by atoms with Crippen LogP contribution in [-0.4, -0.2) is 54.3 Å². The molecule has 21 heavy (non-hydrogen) atoms. The van der Waals surface area contributed by atoms with E-state index in [1.165, 1.54) is 11.3 Å². The van der Waals surface area contributed by atoms with E-state index >= 15 is 0 Å². The van der Waals surface area contributed by atoms with Crippen molar-refractivity contribution in [2.45, 2.75) is 18.6 Å². The van der Waals surface area contributed by atoms with E-state index in [0.29, 0.717) is 26.4 Å². The number of rotatable bonds is 1. The van der Waals surface area contributed by atoms with Gasteiger partial charge in [-0.05, 0) is 23.9 Å². The number of carbonyl (C=O) groups excluding carboxylic acids is 1. The van der Waals surface area contributed by atoms with Crippen molar-refractivity contribution in [3.05, 3.63) is 29.4 Å². The Hall–Kier alpha value is -1.50. The highest BCUT2D eigenvalue weighted by Gasteiger charge is 2.37. The second kappa shape index (κ2) is 5.36. The minimum Gasteiger partial charge on any atom is -0.379 e. The largest absolute Gasteiger partial charge is 0.379 e. The summed E-state index contributed by atoms with van der Waals surface area (Å²) in [5.74, 6) is 0.108. The highest BCUT2D eigenvalue weighted by atomic mass is 32.1. The van der Waals surface area contributed by atoms with E-state index in [9.17, 15) is 4.79 Å². The zero-order valence-electron chi connectivity index (χ0n) is 11.5. The lowest BCUT2D eigenvalue weighted by atomic mass is 10.0. The Morgan fingerprint density at radius 1 is 1.43 bits per heavy atom. The maximum Gasteiger partial charge on any atom is 0.264 e. The van der Waals surface area contributed by atoms with Gasteiger partial charge in [-0.3, -0.25) is 9.78 Å². The number of amides is 1. The highest BCUT2D eigenvalue weighted by Crippen LogP contribution is 2.29. The maximum absolute atomic E-state index is 12.8.